The van der Waals surface area contributed by atoms with Gasteiger partial charge in [-0.3, -0.25) is 0 Å². The van der Waals surface area contributed by atoms with Gasteiger partial charge in [0, 0.05) is 5.69 Å². The topological polar surface area (TPSA) is 30.5 Å². The van der Waals surface area contributed by atoms with E-state index in [1.54, 1.807) is 0 Å². The van der Waals surface area contributed by atoms with Crippen LogP contribution in [0.15, 0.2) is 48.5 Å². The van der Waals surface area contributed by atoms with Crippen molar-refractivity contribution in [2.75, 3.05) is 18.5 Å². The number of benzene rings is 2. The third-order valence-electron chi connectivity index (χ3n) is 3.70. The minimum Gasteiger partial charge on any atom is -0.494 e. The second kappa shape index (κ2) is 9.09. The van der Waals surface area contributed by atoms with Gasteiger partial charge in [0.2, 0.25) is 0 Å². The number of aryl methyl sites for hydroxylation is 1. The van der Waals surface area contributed by atoms with Crippen LogP contribution in [0.25, 0.3) is 0 Å². The first-order chi connectivity index (χ1) is 11.2. The van der Waals surface area contributed by atoms with Gasteiger partial charge in [0.1, 0.15) is 17.6 Å². The standard InChI is InChI=1S/C20H27NO2/c1-4-14-22-19-12-10-17(11-13-19)21-15-18(5-2)23-20-9-7-6-8-16(20)3/h6-13,18,21H,4-5,14-15H2,1-3H3. The quantitative estimate of drug-likeness (QED) is 0.702. The fourth-order valence-corrected chi connectivity index (χ4v) is 2.26. The summed E-state index contributed by atoms with van der Waals surface area (Å²) in [5.41, 5.74) is 2.25. The highest BCUT2D eigenvalue weighted by Gasteiger charge is 2.09. The molecule has 2 aromatic rings. The van der Waals surface area contributed by atoms with E-state index < -0.39 is 0 Å². The Balaban J connectivity index is 1.86. The van der Waals surface area contributed by atoms with E-state index in [-0.39, 0.29) is 6.10 Å². The van der Waals surface area contributed by atoms with Crippen LogP contribution in [0.2, 0.25) is 0 Å². The van der Waals surface area contributed by atoms with E-state index in [1.165, 1.54) is 5.56 Å². The molecule has 1 N–H and O–H groups in total. The highest BCUT2D eigenvalue weighted by atomic mass is 16.5. The third kappa shape index (κ3) is 5.51. The van der Waals surface area contributed by atoms with Crippen molar-refractivity contribution < 1.29 is 9.47 Å². The van der Waals surface area contributed by atoms with Crippen molar-refractivity contribution in [2.45, 2.75) is 39.7 Å². The molecule has 0 aliphatic carbocycles. The van der Waals surface area contributed by atoms with Crippen molar-refractivity contribution >= 4 is 5.69 Å². The van der Waals surface area contributed by atoms with Gasteiger partial charge >= 0.3 is 0 Å². The molecule has 0 saturated heterocycles. The zero-order chi connectivity index (χ0) is 16.5. The molecule has 124 valence electrons. The summed E-state index contributed by atoms with van der Waals surface area (Å²) in [7, 11) is 0. The molecule has 0 saturated carbocycles. The molecular weight excluding hydrogens is 286 g/mol. The van der Waals surface area contributed by atoms with Crippen molar-refractivity contribution in [2.24, 2.45) is 0 Å². The highest BCUT2D eigenvalue weighted by molar-refractivity contribution is 5.46. The highest BCUT2D eigenvalue weighted by Crippen LogP contribution is 2.20. The molecule has 3 heteroatoms. The van der Waals surface area contributed by atoms with E-state index in [1.807, 2.05) is 42.5 Å². The van der Waals surface area contributed by atoms with E-state index >= 15 is 0 Å². The van der Waals surface area contributed by atoms with Crippen LogP contribution in [-0.4, -0.2) is 19.3 Å². The largest absolute Gasteiger partial charge is 0.494 e. The molecule has 0 bridgehead atoms. The fourth-order valence-electron chi connectivity index (χ4n) is 2.26. The minimum absolute atomic E-state index is 0.145. The molecule has 3 nitrogen and oxygen atoms in total. The molecule has 23 heavy (non-hydrogen) atoms. The van der Waals surface area contributed by atoms with E-state index in [4.69, 9.17) is 9.47 Å². The van der Waals surface area contributed by atoms with Crippen molar-refractivity contribution in [3.05, 3.63) is 54.1 Å². The molecule has 0 heterocycles. The Morgan fingerprint density at radius 1 is 1.00 bits per heavy atom. The van der Waals surface area contributed by atoms with Crippen LogP contribution in [0.4, 0.5) is 5.69 Å². The predicted octanol–water partition coefficient (Wildman–Crippen LogP) is 5.05. The Morgan fingerprint density at radius 3 is 2.39 bits per heavy atom. The lowest BCUT2D eigenvalue weighted by Gasteiger charge is -2.20. The van der Waals surface area contributed by atoms with E-state index in [2.05, 4.69) is 32.2 Å². The Kier molecular flexibility index (Phi) is 6.79. The maximum atomic E-state index is 6.11. The molecular formula is C20H27NO2. The number of hydrogen-bond acceptors (Lipinski definition) is 3. The first kappa shape index (κ1) is 17.2. The molecule has 0 aliphatic heterocycles. The van der Waals surface area contributed by atoms with Crippen molar-refractivity contribution in [3.63, 3.8) is 0 Å². The summed E-state index contributed by atoms with van der Waals surface area (Å²) in [5, 5.41) is 3.44. The van der Waals surface area contributed by atoms with E-state index in [0.717, 1.165) is 43.2 Å². The second-order valence-corrected chi connectivity index (χ2v) is 5.67. The number of nitrogens with one attached hydrogen (secondary N) is 1. The molecule has 2 rings (SSSR count). The Morgan fingerprint density at radius 2 is 1.74 bits per heavy atom. The van der Waals surface area contributed by atoms with Gasteiger partial charge in [-0.25, -0.2) is 0 Å². The molecule has 1 unspecified atom stereocenters. The molecule has 0 spiro atoms. The lowest BCUT2D eigenvalue weighted by molar-refractivity contribution is 0.208. The minimum atomic E-state index is 0.145. The predicted molar refractivity (Wildman–Crippen MR) is 96.6 cm³/mol. The van der Waals surface area contributed by atoms with Gasteiger partial charge in [-0.05, 0) is 55.7 Å². The van der Waals surface area contributed by atoms with Crippen LogP contribution in [0, 0.1) is 6.92 Å². The summed E-state index contributed by atoms with van der Waals surface area (Å²) >= 11 is 0. The molecule has 0 aromatic heterocycles. The van der Waals surface area contributed by atoms with Gasteiger partial charge in [-0.2, -0.15) is 0 Å². The van der Waals surface area contributed by atoms with Crippen LogP contribution in [0.3, 0.4) is 0 Å². The van der Waals surface area contributed by atoms with Crippen molar-refractivity contribution in [3.8, 4) is 11.5 Å². The molecule has 0 amide bonds. The summed E-state index contributed by atoms with van der Waals surface area (Å²) in [6.07, 6.45) is 2.13. The Labute approximate surface area is 139 Å². The van der Waals surface area contributed by atoms with Gasteiger partial charge in [0.05, 0.1) is 13.2 Å². The monoisotopic (exact) mass is 313 g/mol. The van der Waals surface area contributed by atoms with Gasteiger partial charge in [-0.15, -0.1) is 0 Å². The third-order valence-corrected chi connectivity index (χ3v) is 3.70. The summed E-state index contributed by atoms with van der Waals surface area (Å²) in [6.45, 7) is 7.86. The second-order valence-electron chi connectivity index (χ2n) is 5.67. The molecule has 1 atom stereocenters. The van der Waals surface area contributed by atoms with E-state index in [0.29, 0.717) is 0 Å². The number of rotatable bonds is 9. The van der Waals surface area contributed by atoms with Crippen LogP contribution in [0.1, 0.15) is 32.3 Å². The fraction of sp³-hybridized carbons (Fsp3) is 0.400. The van der Waals surface area contributed by atoms with Crippen LogP contribution in [-0.2, 0) is 0 Å². The average molecular weight is 313 g/mol. The van der Waals surface area contributed by atoms with Gasteiger partial charge in [0.25, 0.3) is 0 Å². The summed E-state index contributed by atoms with van der Waals surface area (Å²) < 4.78 is 11.7. The lowest BCUT2D eigenvalue weighted by atomic mass is 10.2. The maximum absolute atomic E-state index is 6.11. The first-order valence-corrected chi connectivity index (χ1v) is 8.42. The Bertz CT molecular complexity index is 580. The summed E-state index contributed by atoms with van der Waals surface area (Å²) in [4.78, 5) is 0. The normalized spacial score (nSPS) is 11.8. The first-order valence-electron chi connectivity index (χ1n) is 8.42. The smallest absolute Gasteiger partial charge is 0.122 e. The number of para-hydroxylation sites is 1. The van der Waals surface area contributed by atoms with E-state index in [9.17, 15) is 0 Å². The molecule has 0 fully saturated rings. The van der Waals surface area contributed by atoms with Crippen molar-refractivity contribution in [1.82, 2.24) is 0 Å². The van der Waals surface area contributed by atoms with Crippen molar-refractivity contribution in [1.29, 1.82) is 0 Å². The van der Waals surface area contributed by atoms with Gasteiger partial charge in [0.15, 0.2) is 0 Å². The summed E-state index contributed by atoms with van der Waals surface area (Å²) in [6, 6.07) is 16.2. The number of hydrogen-bond donors (Lipinski definition) is 1. The molecule has 0 aliphatic rings. The lowest BCUT2D eigenvalue weighted by Crippen LogP contribution is -2.25. The SMILES string of the molecule is CCCOc1ccc(NCC(CC)Oc2ccccc2C)cc1. The number of ether oxygens (including phenoxy) is 2. The Hall–Kier alpha value is -2.16. The van der Waals surface area contributed by atoms with Crippen LogP contribution < -0.4 is 14.8 Å². The number of anilines is 1. The average Bonchev–Trinajstić information content (AvgIpc) is 2.59. The zero-order valence-corrected chi connectivity index (χ0v) is 14.3. The molecule has 0 radical (unpaired) electrons. The summed E-state index contributed by atoms with van der Waals surface area (Å²) in [5.74, 6) is 1.88. The molecule has 2 aromatic carbocycles. The van der Waals surface area contributed by atoms with Crippen LogP contribution >= 0.6 is 0 Å². The van der Waals surface area contributed by atoms with Gasteiger partial charge < -0.3 is 14.8 Å². The maximum Gasteiger partial charge on any atom is 0.122 e. The zero-order valence-electron chi connectivity index (χ0n) is 14.3. The van der Waals surface area contributed by atoms with Crippen LogP contribution in [0.5, 0.6) is 11.5 Å². The van der Waals surface area contributed by atoms with Gasteiger partial charge in [-0.1, -0.05) is 32.0 Å².